The van der Waals surface area contributed by atoms with Gasteiger partial charge in [0.1, 0.15) is 0 Å². The van der Waals surface area contributed by atoms with E-state index in [4.69, 9.17) is 10.5 Å². The molecular formula is C9H15NO2. The predicted molar refractivity (Wildman–Crippen MR) is 44.3 cm³/mol. The average Bonchev–Trinajstić information content (AvgIpc) is 2.82. The second-order valence-electron chi connectivity index (χ2n) is 3.82. The van der Waals surface area contributed by atoms with Crippen LogP contribution < -0.4 is 5.73 Å². The van der Waals surface area contributed by atoms with Crippen molar-refractivity contribution in [3.05, 3.63) is 0 Å². The van der Waals surface area contributed by atoms with E-state index in [1.54, 1.807) is 0 Å². The fraction of sp³-hybridized carbons (Fsp3) is 0.889. The molecule has 0 saturated heterocycles. The maximum atomic E-state index is 11.2. The Morgan fingerprint density at radius 1 is 1.50 bits per heavy atom. The summed E-state index contributed by atoms with van der Waals surface area (Å²) in [5.74, 6) is 1.35. The van der Waals surface area contributed by atoms with Crippen LogP contribution in [0.2, 0.25) is 0 Å². The summed E-state index contributed by atoms with van der Waals surface area (Å²) >= 11 is 0. The molecule has 0 aromatic rings. The van der Waals surface area contributed by atoms with Crippen LogP contribution >= 0.6 is 0 Å². The Morgan fingerprint density at radius 3 is 2.67 bits per heavy atom. The van der Waals surface area contributed by atoms with Crippen molar-refractivity contribution in [2.45, 2.75) is 25.8 Å². The zero-order valence-corrected chi connectivity index (χ0v) is 7.32. The van der Waals surface area contributed by atoms with E-state index in [9.17, 15) is 4.79 Å². The highest BCUT2D eigenvalue weighted by Gasteiger charge is 2.55. The Morgan fingerprint density at radius 2 is 2.17 bits per heavy atom. The van der Waals surface area contributed by atoms with Crippen molar-refractivity contribution in [3.63, 3.8) is 0 Å². The van der Waals surface area contributed by atoms with Crippen molar-refractivity contribution in [2.24, 2.45) is 23.5 Å². The maximum absolute atomic E-state index is 11.2. The van der Waals surface area contributed by atoms with E-state index in [2.05, 4.69) is 0 Å². The molecule has 3 heteroatoms. The molecule has 2 aliphatic rings. The number of nitrogens with two attached hydrogens (primary N) is 1. The predicted octanol–water partition coefficient (Wildman–Crippen LogP) is 0.533. The third-order valence-corrected chi connectivity index (χ3v) is 2.87. The van der Waals surface area contributed by atoms with Gasteiger partial charge in [-0.05, 0) is 31.6 Å². The van der Waals surface area contributed by atoms with E-state index in [0.29, 0.717) is 24.5 Å². The van der Waals surface area contributed by atoms with Gasteiger partial charge >= 0.3 is 5.97 Å². The lowest BCUT2D eigenvalue weighted by atomic mass is 10.2. The summed E-state index contributed by atoms with van der Waals surface area (Å²) in [7, 11) is 0. The lowest BCUT2D eigenvalue weighted by Gasteiger charge is -1.99. The van der Waals surface area contributed by atoms with Gasteiger partial charge < -0.3 is 10.5 Å². The van der Waals surface area contributed by atoms with E-state index in [-0.39, 0.29) is 11.9 Å². The molecule has 2 aliphatic carbocycles. The van der Waals surface area contributed by atoms with Gasteiger partial charge in [0.05, 0.1) is 12.5 Å². The number of rotatable bonds is 3. The summed E-state index contributed by atoms with van der Waals surface area (Å²) in [5, 5.41) is 0. The first-order chi connectivity index (χ1) is 5.74. The molecule has 12 heavy (non-hydrogen) atoms. The van der Waals surface area contributed by atoms with Gasteiger partial charge in [-0.2, -0.15) is 0 Å². The molecule has 0 aromatic carbocycles. The van der Waals surface area contributed by atoms with E-state index in [1.165, 1.54) is 0 Å². The molecule has 0 aliphatic heterocycles. The number of hydrogen-bond acceptors (Lipinski definition) is 3. The van der Waals surface area contributed by atoms with Crippen LogP contribution in [0.25, 0.3) is 0 Å². The molecule has 0 radical (unpaired) electrons. The lowest BCUT2D eigenvalue weighted by molar-refractivity contribution is -0.145. The zero-order chi connectivity index (χ0) is 8.72. The van der Waals surface area contributed by atoms with Gasteiger partial charge in [-0.3, -0.25) is 4.79 Å². The van der Waals surface area contributed by atoms with Gasteiger partial charge in [0.25, 0.3) is 0 Å². The van der Waals surface area contributed by atoms with Gasteiger partial charge in [-0.25, -0.2) is 0 Å². The van der Waals surface area contributed by atoms with Crippen LogP contribution in [0.15, 0.2) is 0 Å². The van der Waals surface area contributed by atoms with Crippen LogP contribution in [0.4, 0.5) is 0 Å². The highest BCUT2D eigenvalue weighted by atomic mass is 16.5. The van der Waals surface area contributed by atoms with Crippen LogP contribution in [0, 0.1) is 17.8 Å². The molecule has 0 heterocycles. The molecule has 0 spiro atoms. The molecule has 4 unspecified atom stereocenters. The van der Waals surface area contributed by atoms with Gasteiger partial charge in [0.15, 0.2) is 0 Å². The van der Waals surface area contributed by atoms with Crippen LogP contribution in [-0.2, 0) is 9.53 Å². The SMILES string of the molecule is CCOC(=O)C1CC1C1CC1N. The van der Waals surface area contributed by atoms with Crippen molar-refractivity contribution in [3.8, 4) is 0 Å². The fourth-order valence-corrected chi connectivity index (χ4v) is 1.94. The third-order valence-electron chi connectivity index (χ3n) is 2.87. The fourth-order valence-electron chi connectivity index (χ4n) is 1.94. The minimum Gasteiger partial charge on any atom is -0.466 e. The molecule has 0 bridgehead atoms. The average molecular weight is 169 g/mol. The Balaban J connectivity index is 1.76. The number of carbonyl (C=O) groups excluding carboxylic acids is 1. The second kappa shape index (κ2) is 2.73. The highest BCUT2D eigenvalue weighted by Crippen LogP contribution is 2.54. The van der Waals surface area contributed by atoms with Crippen LogP contribution in [0.3, 0.4) is 0 Å². The first kappa shape index (κ1) is 8.05. The Hall–Kier alpha value is -0.570. The summed E-state index contributed by atoms with van der Waals surface area (Å²) in [5.41, 5.74) is 5.69. The van der Waals surface area contributed by atoms with Crippen LogP contribution in [-0.4, -0.2) is 18.6 Å². The van der Waals surface area contributed by atoms with Gasteiger partial charge in [-0.15, -0.1) is 0 Å². The molecule has 4 atom stereocenters. The van der Waals surface area contributed by atoms with Crippen LogP contribution in [0.5, 0.6) is 0 Å². The summed E-state index contributed by atoms with van der Waals surface area (Å²) in [6, 6.07) is 0.370. The Kier molecular flexibility index (Phi) is 1.83. The monoisotopic (exact) mass is 169 g/mol. The molecule has 0 aromatic heterocycles. The number of esters is 1. The number of hydrogen-bond donors (Lipinski definition) is 1. The van der Waals surface area contributed by atoms with Crippen molar-refractivity contribution < 1.29 is 9.53 Å². The zero-order valence-electron chi connectivity index (χ0n) is 7.32. The Bertz CT molecular complexity index is 205. The van der Waals surface area contributed by atoms with E-state index in [0.717, 1.165) is 12.8 Å². The first-order valence-corrected chi connectivity index (χ1v) is 4.66. The van der Waals surface area contributed by atoms with Crippen molar-refractivity contribution in [1.82, 2.24) is 0 Å². The number of carbonyl (C=O) groups is 1. The topological polar surface area (TPSA) is 52.3 Å². The molecule has 3 nitrogen and oxygen atoms in total. The molecule has 2 saturated carbocycles. The van der Waals surface area contributed by atoms with Gasteiger partial charge in [0.2, 0.25) is 0 Å². The molecule has 2 rings (SSSR count). The highest BCUT2D eigenvalue weighted by molar-refractivity contribution is 5.75. The van der Waals surface area contributed by atoms with E-state index < -0.39 is 0 Å². The van der Waals surface area contributed by atoms with Crippen molar-refractivity contribution >= 4 is 5.97 Å². The normalized spacial score (nSPS) is 43.8. The van der Waals surface area contributed by atoms with E-state index in [1.807, 2.05) is 6.92 Å². The second-order valence-corrected chi connectivity index (χ2v) is 3.82. The summed E-state index contributed by atoms with van der Waals surface area (Å²) in [4.78, 5) is 11.2. The van der Waals surface area contributed by atoms with Crippen LogP contribution in [0.1, 0.15) is 19.8 Å². The van der Waals surface area contributed by atoms with E-state index >= 15 is 0 Å². The first-order valence-electron chi connectivity index (χ1n) is 4.66. The third kappa shape index (κ3) is 1.33. The minimum absolute atomic E-state index is 0.0124. The van der Waals surface area contributed by atoms with Crippen molar-refractivity contribution in [2.75, 3.05) is 6.61 Å². The number of ether oxygens (including phenoxy) is 1. The minimum atomic E-state index is -0.0124. The standard InChI is InChI=1S/C9H15NO2/c1-2-12-9(11)7-3-5(7)6-4-8(6)10/h5-8H,2-4,10H2,1H3. The van der Waals surface area contributed by atoms with Gasteiger partial charge in [0, 0.05) is 6.04 Å². The lowest BCUT2D eigenvalue weighted by Crippen LogP contribution is -2.10. The maximum Gasteiger partial charge on any atom is 0.309 e. The molecule has 2 fully saturated rings. The summed E-state index contributed by atoms with van der Waals surface area (Å²) in [6.45, 7) is 2.34. The van der Waals surface area contributed by atoms with Gasteiger partial charge in [-0.1, -0.05) is 0 Å². The summed E-state index contributed by atoms with van der Waals surface area (Å²) < 4.78 is 4.93. The molecular weight excluding hydrogens is 154 g/mol. The molecule has 2 N–H and O–H groups in total. The van der Waals surface area contributed by atoms with Crippen molar-refractivity contribution in [1.29, 1.82) is 0 Å². The Labute approximate surface area is 72.3 Å². The molecule has 68 valence electrons. The largest absolute Gasteiger partial charge is 0.466 e. The smallest absolute Gasteiger partial charge is 0.309 e. The molecule has 0 amide bonds. The quantitative estimate of drug-likeness (QED) is 0.627. The summed E-state index contributed by atoms with van der Waals surface area (Å²) in [6.07, 6.45) is 2.12.